The lowest BCUT2D eigenvalue weighted by atomic mass is 10.3. The number of hydrogen-bond donors (Lipinski definition) is 1. The van der Waals surface area contributed by atoms with Crippen LogP contribution >= 0.6 is 0 Å². The van der Waals surface area contributed by atoms with Gasteiger partial charge < -0.3 is 19.9 Å². The van der Waals surface area contributed by atoms with Crippen LogP contribution in [0.4, 0.5) is 17.3 Å². The molecule has 1 N–H and O–H groups in total. The van der Waals surface area contributed by atoms with Crippen LogP contribution in [0.1, 0.15) is 0 Å². The normalized spacial score (nSPS) is 18.1. The molecular weight excluding hydrogens is 356 g/mol. The molecule has 2 fully saturated rings. The first-order chi connectivity index (χ1) is 13.8. The van der Waals surface area contributed by atoms with Gasteiger partial charge in [0.15, 0.2) is 0 Å². The summed E-state index contributed by atoms with van der Waals surface area (Å²) in [5.41, 5.74) is 0.836. The van der Waals surface area contributed by atoms with Crippen LogP contribution in [0.25, 0.3) is 0 Å². The lowest BCUT2D eigenvalue weighted by Crippen LogP contribution is -2.49. The molecule has 0 spiro atoms. The number of morpholine rings is 1. The minimum atomic E-state index is 0.0243. The fraction of sp³-hybridized carbons (Fsp3) is 0.450. The molecule has 2 aliphatic rings. The van der Waals surface area contributed by atoms with Crippen LogP contribution in [-0.2, 0) is 9.53 Å². The van der Waals surface area contributed by atoms with Crippen molar-refractivity contribution in [1.82, 2.24) is 14.9 Å². The van der Waals surface area contributed by atoms with Crippen molar-refractivity contribution in [2.45, 2.75) is 0 Å². The highest BCUT2D eigenvalue weighted by Crippen LogP contribution is 2.19. The molecular formula is C20H26N6O2. The van der Waals surface area contributed by atoms with E-state index in [1.165, 1.54) is 0 Å². The number of carbonyl (C=O) groups is 1. The van der Waals surface area contributed by atoms with Crippen LogP contribution in [0.5, 0.6) is 0 Å². The van der Waals surface area contributed by atoms with E-state index >= 15 is 0 Å². The Labute approximate surface area is 165 Å². The summed E-state index contributed by atoms with van der Waals surface area (Å²) in [4.78, 5) is 27.8. The second-order valence-corrected chi connectivity index (χ2v) is 7.01. The summed E-state index contributed by atoms with van der Waals surface area (Å²) in [6.45, 7) is 6.97. The van der Waals surface area contributed by atoms with E-state index in [4.69, 9.17) is 4.74 Å². The lowest BCUT2D eigenvalue weighted by Gasteiger charge is -2.35. The van der Waals surface area contributed by atoms with Gasteiger partial charge in [-0.3, -0.25) is 9.69 Å². The van der Waals surface area contributed by atoms with E-state index < -0.39 is 0 Å². The lowest BCUT2D eigenvalue weighted by molar-refractivity contribution is -0.117. The van der Waals surface area contributed by atoms with Gasteiger partial charge in [0.05, 0.1) is 19.8 Å². The molecule has 0 radical (unpaired) electrons. The SMILES string of the molecule is O=C(CN1CCN(c2cc(N3CCOCC3)ncn2)CC1)Nc1ccccc1. The van der Waals surface area contributed by atoms with Crippen molar-refractivity contribution in [3.05, 3.63) is 42.7 Å². The number of ether oxygens (including phenoxy) is 1. The van der Waals surface area contributed by atoms with E-state index in [0.29, 0.717) is 6.54 Å². The van der Waals surface area contributed by atoms with Gasteiger partial charge in [-0.05, 0) is 12.1 Å². The molecule has 4 rings (SSSR count). The van der Waals surface area contributed by atoms with E-state index in [1.807, 2.05) is 30.3 Å². The molecule has 1 aromatic carbocycles. The summed E-state index contributed by atoms with van der Waals surface area (Å²) >= 11 is 0. The highest BCUT2D eigenvalue weighted by Gasteiger charge is 2.21. The zero-order valence-corrected chi connectivity index (χ0v) is 16.0. The highest BCUT2D eigenvalue weighted by molar-refractivity contribution is 5.92. The van der Waals surface area contributed by atoms with Crippen molar-refractivity contribution in [2.75, 3.05) is 74.1 Å². The van der Waals surface area contributed by atoms with Crippen LogP contribution in [0.3, 0.4) is 0 Å². The van der Waals surface area contributed by atoms with E-state index in [0.717, 1.165) is 69.8 Å². The number of benzene rings is 1. The third kappa shape index (κ3) is 4.76. The summed E-state index contributed by atoms with van der Waals surface area (Å²) in [6, 6.07) is 11.6. The number of nitrogens with one attached hydrogen (secondary N) is 1. The molecule has 2 saturated heterocycles. The van der Waals surface area contributed by atoms with Crippen LogP contribution < -0.4 is 15.1 Å². The minimum absolute atomic E-state index is 0.0243. The summed E-state index contributed by atoms with van der Waals surface area (Å²) in [7, 11) is 0. The van der Waals surface area contributed by atoms with Gasteiger partial charge in [0.25, 0.3) is 0 Å². The van der Waals surface area contributed by atoms with Crippen molar-refractivity contribution < 1.29 is 9.53 Å². The van der Waals surface area contributed by atoms with Crippen LogP contribution in [-0.4, -0.2) is 79.8 Å². The van der Waals surface area contributed by atoms with E-state index in [9.17, 15) is 4.79 Å². The Kier molecular flexibility index (Phi) is 5.98. The van der Waals surface area contributed by atoms with Crippen molar-refractivity contribution in [3.8, 4) is 0 Å². The topological polar surface area (TPSA) is 73.8 Å². The van der Waals surface area contributed by atoms with Gasteiger partial charge >= 0.3 is 0 Å². The maximum atomic E-state index is 12.2. The number of anilines is 3. The fourth-order valence-corrected chi connectivity index (χ4v) is 3.54. The van der Waals surface area contributed by atoms with Crippen LogP contribution in [0, 0.1) is 0 Å². The second-order valence-electron chi connectivity index (χ2n) is 7.01. The zero-order chi connectivity index (χ0) is 19.2. The first-order valence-electron chi connectivity index (χ1n) is 9.75. The number of nitrogens with zero attached hydrogens (tertiary/aromatic N) is 5. The number of aromatic nitrogens is 2. The Balaban J connectivity index is 1.28. The number of para-hydroxylation sites is 1. The number of amides is 1. The standard InChI is InChI=1S/C20H26N6O2/c27-20(23-17-4-2-1-3-5-17)15-24-6-8-25(9-7-24)18-14-19(22-16-21-18)26-10-12-28-13-11-26/h1-5,14,16H,6-13,15H2,(H,23,27). The molecule has 0 atom stereocenters. The quantitative estimate of drug-likeness (QED) is 0.829. The average molecular weight is 382 g/mol. The average Bonchev–Trinajstić information content (AvgIpc) is 2.76. The molecule has 0 unspecified atom stereocenters. The Morgan fingerprint density at radius 1 is 0.929 bits per heavy atom. The fourth-order valence-electron chi connectivity index (χ4n) is 3.54. The molecule has 3 heterocycles. The minimum Gasteiger partial charge on any atom is -0.378 e. The van der Waals surface area contributed by atoms with Crippen molar-refractivity contribution in [2.24, 2.45) is 0 Å². The molecule has 2 aromatic rings. The van der Waals surface area contributed by atoms with Gasteiger partial charge in [-0.25, -0.2) is 9.97 Å². The third-order valence-corrected chi connectivity index (χ3v) is 5.09. The van der Waals surface area contributed by atoms with Crippen molar-refractivity contribution in [3.63, 3.8) is 0 Å². The number of piperazine rings is 1. The smallest absolute Gasteiger partial charge is 0.238 e. The van der Waals surface area contributed by atoms with Crippen molar-refractivity contribution >= 4 is 23.2 Å². The summed E-state index contributed by atoms with van der Waals surface area (Å²) in [5.74, 6) is 1.93. The molecule has 0 aliphatic carbocycles. The summed E-state index contributed by atoms with van der Waals surface area (Å²) in [6.07, 6.45) is 1.64. The molecule has 1 amide bonds. The van der Waals surface area contributed by atoms with Crippen molar-refractivity contribution in [1.29, 1.82) is 0 Å². The molecule has 8 nitrogen and oxygen atoms in total. The Morgan fingerprint density at radius 3 is 2.25 bits per heavy atom. The van der Waals surface area contributed by atoms with Gasteiger partial charge in [0.2, 0.25) is 5.91 Å². The Hall–Kier alpha value is -2.71. The highest BCUT2D eigenvalue weighted by atomic mass is 16.5. The van der Waals surface area contributed by atoms with Gasteiger partial charge in [0, 0.05) is 51.0 Å². The predicted molar refractivity (Wildman–Crippen MR) is 109 cm³/mol. The predicted octanol–water partition coefficient (Wildman–Crippen LogP) is 1.07. The first kappa shape index (κ1) is 18.6. The van der Waals surface area contributed by atoms with Gasteiger partial charge in [-0.1, -0.05) is 18.2 Å². The van der Waals surface area contributed by atoms with Gasteiger partial charge in [0.1, 0.15) is 18.0 Å². The van der Waals surface area contributed by atoms with E-state index in [2.05, 4.69) is 36.1 Å². The number of carbonyl (C=O) groups excluding carboxylic acids is 1. The Bertz CT molecular complexity index is 773. The molecule has 2 aliphatic heterocycles. The maximum Gasteiger partial charge on any atom is 0.238 e. The molecule has 8 heteroatoms. The summed E-state index contributed by atoms with van der Waals surface area (Å²) in [5, 5.41) is 2.95. The molecule has 28 heavy (non-hydrogen) atoms. The second kappa shape index (κ2) is 8.99. The molecule has 0 saturated carbocycles. The molecule has 1 aromatic heterocycles. The zero-order valence-electron chi connectivity index (χ0n) is 16.0. The summed E-state index contributed by atoms with van der Waals surface area (Å²) < 4.78 is 5.41. The number of hydrogen-bond acceptors (Lipinski definition) is 7. The third-order valence-electron chi connectivity index (χ3n) is 5.09. The first-order valence-corrected chi connectivity index (χ1v) is 9.75. The van der Waals surface area contributed by atoms with Crippen LogP contribution in [0.2, 0.25) is 0 Å². The maximum absolute atomic E-state index is 12.2. The molecule has 0 bridgehead atoms. The Morgan fingerprint density at radius 2 is 1.57 bits per heavy atom. The largest absolute Gasteiger partial charge is 0.378 e. The van der Waals surface area contributed by atoms with E-state index in [1.54, 1.807) is 6.33 Å². The monoisotopic (exact) mass is 382 g/mol. The molecule has 148 valence electrons. The van der Waals surface area contributed by atoms with Crippen LogP contribution in [0.15, 0.2) is 42.7 Å². The van der Waals surface area contributed by atoms with E-state index in [-0.39, 0.29) is 5.91 Å². The number of rotatable bonds is 5. The van der Waals surface area contributed by atoms with Gasteiger partial charge in [-0.15, -0.1) is 0 Å². The van der Waals surface area contributed by atoms with Gasteiger partial charge in [-0.2, -0.15) is 0 Å².